The first kappa shape index (κ1) is 11.6. The molecule has 0 saturated carbocycles. The average Bonchev–Trinajstić information content (AvgIpc) is 2.53. The smallest absolute Gasteiger partial charge is 0.222 e. The predicted octanol–water partition coefficient (Wildman–Crippen LogP) is 2.00. The van der Waals surface area contributed by atoms with Crippen LogP contribution in [0.15, 0.2) is 0 Å². The van der Waals surface area contributed by atoms with Gasteiger partial charge in [0.2, 0.25) is 5.91 Å². The standard InChI is InChI=1S/C13H21NO2/c1-2-10(9-15)11-5-3-4-8-14-12(11)6-7-13(14)16/h9-12H,2-8H2,1H3/t10-,11-,12+/m1/s1. The molecule has 2 saturated heterocycles. The Morgan fingerprint density at radius 1 is 1.44 bits per heavy atom. The van der Waals surface area contributed by atoms with Gasteiger partial charge in [-0.05, 0) is 31.6 Å². The molecule has 0 bridgehead atoms. The summed E-state index contributed by atoms with van der Waals surface area (Å²) in [4.78, 5) is 24.9. The molecular weight excluding hydrogens is 202 g/mol. The highest BCUT2D eigenvalue weighted by Crippen LogP contribution is 2.36. The van der Waals surface area contributed by atoms with Gasteiger partial charge in [0.25, 0.3) is 0 Å². The number of aldehydes is 1. The van der Waals surface area contributed by atoms with Crippen LogP contribution in [-0.2, 0) is 9.59 Å². The minimum Gasteiger partial charge on any atom is -0.339 e. The summed E-state index contributed by atoms with van der Waals surface area (Å²) in [5.74, 6) is 0.866. The molecular formula is C13H21NO2. The van der Waals surface area contributed by atoms with Gasteiger partial charge in [-0.2, -0.15) is 0 Å². The molecule has 3 heteroatoms. The van der Waals surface area contributed by atoms with Crippen LogP contribution < -0.4 is 0 Å². The lowest BCUT2D eigenvalue weighted by Gasteiger charge is -2.31. The van der Waals surface area contributed by atoms with Crippen molar-refractivity contribution < 1.29 is 9.59 Å². The molecule has 0 aromatic carbocycles. The summed E-state index contributed by atoms with van der Waals surface area (Å²) in [6, 6.07) is 0.352. The zero-order chi connectivity index (χ0) is 11.5. The van der Waals surface area contributed by atoms with E-state index in [0.717, 1.165) is 44.9 Å². The summed E-state index contributed by atoms with van der Waals surface area (Å²) < 4.78 is 0. The van der Waals surface area contributed by atoms with Crippen molar-refractivity contribution in [3.05, 3.63) is 0 Å². The third kappa shape index (κ3) is 2.00. The second-order valence-corrected chi connectivity index (χ2v) is 5.06. The summed E-state index contributed by atoms with van der Waals surface area (Å²) in [6.45, 7) is 2.99. The summed E-state index contributed by atoms with van der Waals surface area (Å²) in [6.07, 6.45) is 7.06. The number of amides is 1. The van der Waals surface area contributed by atoms with E-state index in [9.17, 15) is 9.59 Å². The quantitative estimate of drug-likeness (QED) is 0.686. The molecule has 2 aliphatic rings. The average molecular weight is 223 g/mol. The molecule has 0 unspecified atom stereocenters. The fourth-order valence-electron chi connectivity index (χ4n) is 3.35. The Balaban J connectivity index is 2.16. The van der Waals surface area contributed by atoms with E-state index in [1.165, 1.54) is 0 Å². The molecule has 0 N–H and O–H groups in total. The number of hydrogen-bond acceptors (Lipinski definition) is 2. The molecule has 0 aromatic heterocycles. The monoisotopic (exact) mass is 223 g/mol. The molecule has 2 aliphatic heterocycles. The van der Waals surface area contributed by atoms with E-state index in [1.54, 1.807) is 0 Å². The van der Waals surface area contributed by atoms with Crippen LogP contribution in [0.3, 0.4) is 0 Å². The molecule has 0 aromatic rings. The molecule has 0 spiro atoms. The van der Waals surface area contributed by atoms with Gasteiger partial charge in [-0.3, -0.25) is 4.79 Å². The minimum atomic E-state index is 0.150. The predicted molar refractivity (Wildman–Crippen MR) is 61.9 cm³/mol. The number of fused-ring (bicyclic) bond motifs is 1. The molecule has 0 radical (unpaired) electrons. The van der Waals surface area contributed by atoms with Gasteiger partial charge in [0.05, 0.1) is 0 Å². The van der Waals surface area contributed by atoms with E-state index in [1.807, 2.05) is 4.90 Å². The topological polar surface area (TPSA) is 37.4 Å². The summed E-state index contributed by atoms with van der Waals surface area (Å²) in [5.41, 5.74) is 0. The van der Waals surface area contributed by atoms with Crippen molar-refractivity contribution in [3.63, 3.8) is 0 Å². The third-order valence-electron chi connectivity index (χ3n) is 4.25. The van der Waals surface area contributed by atoms with Gasteiger partial charge in [-0.1, -0.05) is 13.3 Å². The fourth-order valence-corrected chi connectivity index (χ4v) is 3.35. The second kappa shape index (κ2) is 4.98. The van der Waals surface area contributed by atoms with Gasteiger partial charge in [0.15, 0.2) is 0 Å². The normalized spacial score (nSPS) is 32.1. The van der Waals surface area contributed by atoms with Crippen molar-refractivity contribution in [2.45, 2.75) is 51.5 Å². The highest BCUT2D eigenvalue weighted by Gasteiger charge is 2.40. The van der Waals surface area contributed by atoms with Crippen LogP contribution in [-0.4, -0.2) is 29.7 Å². The number of rotatable bonds is 3. The Bertz CT molecular complexity index is 277. The van der Waals surface area contributed by atoms with Gasteiger partial charge in [-0.15, -0.1) is 0 Å². The minimum absolute atomic E-state index is 0.150. The molecule has 3 atom stereocenters. The first-order valence-electron chi connectivity index (χ1n) is 6.52. The number of hydrogen-bond donors (Lipinski definition) is 0. The van der Waals surface area contributed by atoms with E-state index in [4.69, 9.17) is 0 Å². The molecule has 0 aliphatic carbocycles. The van der Waals surface area contributed by atoms with Crippen LogP contribution in [0.4, 0.5) is 0 Å². The Kier molecular flexibility index (Phi) is 3.62. The van der Waals surface area contributed by atoms with Crippen molar-refractivity contribution in [1.29, 1.82) is 0 Å². The number of carbonyl (C=O) groups is 2. The zero-order valence-electron chi connectivity index (χ0n) is 10.0. The molecule has 3 nitrogen and oxygen atoms in total. The van der Waals surface area contributed by atoms with Crippen LogP contribution in [0.2, 0.25) is 0 Å². The molecule has 1 amide bonds. The lowest BCUT2D eigenvalue weighted by atomic mass is 9.81. The van der Waals surface area contributed by atoms with Crippen molar-refractivity contribution in [2.75, 3.05) is 6.54 Å². The van der Waals surface area contributed by atoms with Crippen LogP contribution in [0.5, 0.6) is 0 Å². The lowest BCUT2D eigenvalue weighted by molar-refractivity contribution is -0.130. The van der Waals surface area contributed by atoms with Gasteiger partial charge in [0.1, 0.15) is 6.29 Å². The SMILES string of the molecule is CC[C@H](C=O)[C@H]1CCCCN2C(=O)CC[C@@H]12. The second-order valence-electron chi connectivity index (χ2n) is 5.06. The largest absolute Gasteiger partial charge is 0.339 e. The van der Waals surface area contributed by atoms with E-state index in [-0.39, 0.29) is 5.92 Å². The van der Waals surface area contributed by atoms with Crippen LogP contribution in [0, 0.1) is 11.8 Å². The van der Waals surface area contributed by atoms with Gasteiger partial charge >= 0.3 is 0 Å². The number of nitrogens with zero attached hydrogens (tertiary/aromatic N) is 1. The van der Waals surface area contributed by atoms with Gasteiger partial charge in [0, 0.05) is 24.9 Å². The maximum atomic E-state index is 11.7. The summed E-state index contributed by atoms with van der Waals surface area (Å²) >= 11 is 0. The summed E-state index contributed by atoms with van der Waals surface area (Å²) in [5, 5.41) is 0. The Hall–Kier alpha value is -0.860. The van der Waals surface area contributed by atoms with Crippen molar-refractivity contribution in [1.82, 2.24) is 4.90 Å². The van der Waals surface area contributed by atoms with E-state index < -0.39 is 0 Å². The Morgan fingerprint density at radius 2 is 2.25 bits per heavy atom. The molecule has 90 valence electrons. The van der Waals surface area contributed by atoms with E-state index in [0.29, 0.717) is 24.3 Å². The molecule has 2 fully saturated rings. The van der Waals surface area contributed by atoms with Crippen molar-refractivity contribution >= 4 is 12.2 Å². The van der Waals surface area contributed by atoms with E-state index >= 15 is 0 Å². The van der Waals surface area contributed by atoms with Crippen LogP contribution >= 0.6 is 0 Å². The Morgan fingerprint density at radius 3 is 2.94 bits per heavy atom. The zero-order valence-corrected chi connectivity index (χ0v) is 10.0. The third-order valence-corrected chi connectivity index (χ3v) is 4.25. The molecule has 2 rings (SSSR count). The molecule has 2 heterocycles. The van der Waals surface area contributed by atoms with Crippen LogP contribution in [0.1, 0.15) is 45.4 Å². The van der Waals surface area contributed by atoms with E-state index in [2.05, 4.69) is 6.92 Å². The highest BCUT2D eigenvalue weighted by molar-refractivity contribution is 5.79. The first-order valence-corrected chi connectivity index (χ1v) is 6.52. The first-order chi connectivity index (χ1) is 7.77. The summed E-state index contributed by atoms with van der Waals surface area (Å²) in [7, 11) is 0. The maximum absolute atomic E-state index is 11.7. The fraction of sp³-hybridized carbons (Fsp3) is 0.846. The lowest BCUT2D eigenvalue weighted by Crippen LogP contribution is -2.40. The van der Waals surface area contributed by atoms with Crippen molar-refractivity contribution in [3.8, 4) is 0 Å². The van der Waals surface area contributed by atoms with Gasteiger partial charge in [-0.25, -0.2) is 0 Å². The van der Waals surface area contributed by atoms with Crippen molar-refractivity contribution in [2.24, 2.45) is 11.8 Å². The number of carbonyl (C=O) groups excluding carboxylic acids is 2. The maximum Gasteiger partial charge on any atom is 0.222 e. The van der Waals surface area contributed by atoms with Crippen LogP contribution in [0.25, 0.3) is 0 Å². The highest BCUT2D eigenvalue weighted by atomic mass is 16.2. The van der Waals surface area contributed by atoms with Gasteiger partial charge < -0.3 is 9.69 Å². The Labute approximate surface area is 97.2 Å². The molecule has 16 heavy (non-hydrogen) atoms.